The molecule has 0 amide bonds. The maximum Gasteiger partial charge on any atom is 0.228 e. The molecule has 3 rings (SSSR count). The van der Waals surface area contributed by atoms with Crippen LogP contribution >= 0.6 is 23.2 Å². The summed E-state index contributed by atoms with van der Waals surface area (Å²) in [6, 6.07) is 10.8. The molecule has 1 heterocycles. The molecule has 27 heavy (non-hydrogen) atoms. The minimum atomic E-state index is 0.205. The lowest BCUT2D eigenvalue weighted by Gasteiger charge is -2.02. The summed E-state index contributed by atoms with van der Waals surface area (Å²) in [4.78, 5) is 4.67. The Morgan fingerprint density at radius 3 is 2.59 bits per heavy atom. The molecule has 3 nitrogen and oxygen atoms in total. The van der Waals surface area contributed by atoms with E-state index >= 15 is 0 Å². The van der Waals surface area contributed by atoms with Crippen LogP contribution in [0.3, 0.4) is 0 Å². The lowest BCUT2D eigenvalue weighted by molar-refractivity contribution is 0.471. The van der Waals surface area contributed by atoms with E-state index in [0.717, 1.165) is 28.1 Å². The van der Waals surface area contributed by atoms with Crippen molar-refractivity contribution in [1.29, 1.82) is 0 Å². The summed E-state index contributed by atoms with van der Waals surface area (Å²) >= 11 is 12.3. The van der Waals surface area contributed by atoms with Crippen molar-refractivity contribution in [1.82, 2.24) is 4.98 Å². The Hall–Kier alpha value is -2.23. The molecule has 0 aliphatic heterocycles. The third-order valence-electron chi connectivity index (χ3n) is 4.26. The van der Waals surface area contributed by atoms with E-state index in [9.17, 15) is 5.11 Å². The average molecular weight is 402 g/mol. The van der Waals surface area contributed by atoms with Crippen LogP contribution in [0.2, 0.25) is 10.0 Å². The van der Waals surface area contributed by atoms with Crippen LogP contribution in [-0.4, -0.2) is 10.1 Å². The zero-order chi connectivity index (χ0) is 19.6. The van der Waals surface area contributed by atoms with Gasteiger partial charge in [0, 0.05) is 17.4 Å². The van der Waals surface area contributed by atoms with Gasteiger partial charge >= 0.3 is 0 Å². The Kier molecular flexibility index (Phi) is 5.93. The molecular formula is C22H21Cl2NO2. The van der Waals surface area contributed by atoms with Gasteiger partial charge in [0.15, 0.2) is 0 Å². The smallest absolute Gasteiger partial charge is 0.228 e. The van der Waals surface area contributed by atoms with E-state index in [0.29, 0.717) is 28.1 Å². The number of benzene rings is 2. The van der Waals surface area contributed by atoms with Gasteiger partial charge in [-0.25, -0.2) is 4.98 Å². The molecule has 0 fully saturated rings. The van der Waals surface area contributed by atoms with Gasteiger partial charge in [0.2, 0.25) is 5.89 Å². The quantitative estimate of drug-likeness (QED) is 0.498. The third kappa shape index (κ3) is 4.55. The van der Waals surface area contributed by atoms with E-state index in [2.05, 4.69) is 18.8 Å². The van der Waals surface area contributed by atoms with E-state index in [1.54, 1.807) is 18.2 Å². The van der Waals surface area contributed by atoms with E-state index in [1.165, 1.54) is 0 Å². The monoisotopic (exact) mass is 401 g/mol. The van der Waals surface area contributed by atoms with Gasteiger partial charge in [-0.1, -0.05) is 55.3 Å². The van der Waals surface area contributed by atoms with Crippen LogP contribution in [0.1, 0.15) is 42.3 Å². The molecule has 0 bridgehead atoms. The summed E-state index contributed by atoms with van der Waals surface area (Å²) in [6.45, 7) is 6.03. The van der Waals surface area contributed by atoms with Gasteiger partial charge in [-0.2, -0.15) is 0 Å². The topological polar surface area (TPSA) is 46.3 Å². The van der Waals surface area contributed by atoms with Gasteiger partial charge in [-0.3, -0.25) is 0 Å². The fourth-order valence-corrected chi connectivity index (χ4v) is 3.32. The molecule has 0 atom stereocenters. The molecule has 0 saturated heterocycles. The second kappa shape index (κ2) is 8.20. The Labute approximate surface area is 169 Å². The number of aryl methyl sites for hydroxylation is 1. The fourth-order valence-electron chi connectivity index (χ4n) is 2.83. The zero-order valence-corrected chi connectivity index (χ0v) is 17.0. The highest BCUT2D eigenvalue weighted by Gasteiger charge is 2.18. The minimum absolute atomic E-state index is 0.205. The van der Waals surface area contributed by atoms with Crippen LogP contribution in [0.5, 0.6) is 5.75 Å². The second-order valence-corrected chi connectivity index (χ2v) is 7.60. The Balaban J connectivity index is 1.87. The van der Waals surface area contributed by atoms with Gasteiger partial charge in [-0.15, -0.1) is 0 Å². The number of rotatable bonds is 5. The third-order valence-corrected chi connectivity index (χ3v) is 4.80. The van der Waals surface area contributed by atoms with Crippen molar-refractivity contribution < 1.29 is 9.52 Å². The Bertz CT molecular complexity index is 990. The van der Waals surface area contributed by atoms with Crippen molar-refractivity contribution in [3.8, 4) is 17.2 Å². The number of aromatic hydroxyl groups is 1. The number of nitrogens with zero attached hydrogens (tertiary/aromatic N) is 1. The molecule has 0 radical (unpaired) electrons. The van der Waals surface area contributed by atoms with Crippen LogP contribution < -0.4 is 0 Å². The highest BCUT2D eigenvalue weighted by atomic mass is 35.5. The first-order valence-corrected chi connectivity index (χ1v) is 9.52. The molecule has 1 N–H and O–H groups in total. The van der Waals surface area contributed by atoms with E-state index in [1.807, 2.05) is 37.3 Å². The fraction of sp³-hybridized carbons (Fsp3) is 0.227. The summed E-state index contributed by atoms with van der Waals surface area (Å²) < 4.78 is 6.01. The van der Waals surface area contributed by atoms with Crippen molar-refractivity contribution in [2.24, 2.45) is 0 Å². The molecule has 5 heteroatoms. The number of hydrogen-bond acceptors (Lipinski definition) is 3. The van der Waals surface area contributed by atoms with Crippen molar-refractivity contribution in [3.05, 3.63) is 75.1 Å². The van der Waals surface area contributed by atoms with Crippen molar-refractivity contribution in [2.45, 2.75) is 33.1 Å². The molecule has 1 aromatic heterocycles. The van der Waals surface area contributed by atoms with Gasteiger partial charge in [-0.05, 0) is 48.4 Å². The molecule has 0 aliphatic rings. The zero-order valence-electron chi connectivity index (χ0n) is 15.5. The standard InChI is InChI=1S/C22H21Cl2NO2/c1-13(2)21-19(6-4-5-15-7-10-20(26)14(3)11-15)25-22(27-21)17-9-8-16(23)12-18(17)24/h4-5,7-13,26H,6H2,1-3H3. The predicted octanol–water partition coefficient (Wildman–Crippen LogP) is 7.04. The number of hydrogen-bond donors (Lipinski definition) is 1. The molecule has 2 aromatic carbocycles. The van der Waals surface area contributed by atoms with E-state index < -0.39 is 0 Å². The normalized spacial score (nSPS) is 11.6. The molecule has 3 aromatic rings. The average Bonchev–Trinajstić information content (AvgIpc) is 3.02. The van der Waals surface area contributed by atoms with Crippen molar-refractivity contribution in [3.63, 3.8) is 0 Å². The first-order valence-electron chi connectivity index (χ1n) is 8.76. The molecule has 0 saturated carbocycles. The second-order valence-electron chi connectivity index (χ2n) is 6.76. The number of halogens is 2. The van der Waals surface area contributed by atoms with Gasteiger partial charge in [0.25, 0.3) is 0 Å². The summed E-state index contributed by atoms with van der Waals surface area (Å²) in [6.07, 6.45) is 4.70. The summed E-state index contributed by atoms with van der Waals surface area (Å²) in [5, 5.41) is 10.7. The molecule has 140 valence electrons. The maximum absolute atomic E-state index is 9.63. The van der Waals surface area contributed by atoms with Crippen LogP contribution in [0.4, 0.5) is 0 Å². The lowest BCUT2D eigenvalue weighted by Crippen LogP contribution is -1.92. The Morgan fingerprint density at radius 1 is 1.15 bits per heavy atom. The Morgan fingerprint density at radius 2 is 1.93 bits per heavy atom. The number of aromatic nitrogens is 1. The molecular weight excluding hydrogens is 381 g/mol. The summed E-state index contributed by atoms with van der Waals surface area (Å²) in [7, 11) is 0. The lowest BCUT2D eigenvalue weighted by atomic mass is 10.1. The summed E-state index contributed by atoms with van der Waals surface area (Å²) in [5.74, 6) is 1.86. The minimum Gasteiger partial charge on any atom is -0.508 e. The van der Waals surface area contributed by atoms with Crippen molar-refractivity contribution >= 4 is 29.3 Å². The first kappa shape index (κ1) is 19.5. The molecule has 0 unspecified atom stereocenters. The van der Waals surface area contributed by atoms with Crippen LogP contribution in [0, 0.1) is 6.92 Å². The number of phenols is 1. The highest BCUT2D eigenvalue weighted by Crippen LogP contribution is 2.33. The van der Waals surface area contributed by atoms with E-state index in [4.69, 9.17) is 27.6 Å². The largest absolute Gasteiger partial charge is 0.508 e. The number of allylic oxidation sites excluding steroid dienone is 1. The van der Waals surface area contributed by atoms with Crippen LogP contribution in [0.25, 0.3) is 17.5 Å². The maximum atomic E-state index is 9.63. The summed E-state index contributed by atoms with van der Waals surface area (Å²) in [5.41, 5.74) is 3.49. The van der Waals surface area contributed by atoms with Gasteiger partial charge in [0.1, 0.15) is 11.5 Å². The van der Waals surface area contributed by atoms with Crippen molar-refractivity contribution in [2.75, 3.05) is 0 Å². The predicted molar refractivity (Wildman–Crippen MR) is 112 cm³/mol. The van der Waals surface area contributed by atoms with Crippen LogP contribution in [-0.2, 0) is 6.42 Å². The first-order chi connectivity index (χ1) is 12.8. The SMILES string of the molecule is Cc1cc(C=CCc2nc(-c3ccc(Cl)cc3Cl)oc2C(C)C)ccc1O. The molecule has 0 aliphatic carbocycles. The van der Waals surface area contributed by atoms with Gasteiger partial charge in [0.05, 0.1) is 16.3 Å². The highest BCUT2D eigenvalue weighted by molar-refractivity contribution is 6.36. The van der Waals surface area contributed by atoms with Gasteiger partial charge < -0.3 is 9.52 Å². The van der Waals surface area contributed by atoms with Crippen LogP contribution in [0.15, 0.2) is 46.9 Å². The number of oxazole rings is 1. The number of phenolic OH excluding ortho intramolecular Hbond substituents is 1. The van der Waals surface area contributed by atoms with E-state index in [-0.39, 0.29) is 5.92 Å². The molecule has 0 spiro atoms.